The highest BCUT2D eigenvalue weighted by atomic mass is 16.7. The fraction of sp³-hybridized carbons (Fsp3) is 0.684. The molecule has 1 aliphatic heterocycles. The van der Waals surface area contributed by atoms with Crippen LogP contribution < -0.4 is 5.73 Å². The van der Waals surface area contributed by atoms with Crippen LogP contribution in [0.2, 0.25) is 0 Å². The van der Waals surface area contributed by atoms with Crippen LogP contribution in [0.25, 0.3) is 0 Å². The van der Waals surface area contributed by atoms with Crippen molar-refractivity contribution in [1.29, 1.82) is 0 Å². The molecule has 2 atom stereocenters. The van der Waals surface area contributed by atoms with Gasteiger partial charge in [-0.1, -0.05) is 50.1 Å². The SMILES string of the molecule is CC(CCCCCN)(COC1CCCCO1)c1ccccc1. The highest BCUT2D eigenvalue weighted by Crippen LogP contribution is 2.31. The Labute approximate surface area is 135 Å². The number of benzene rings is 1. The number of unbranched alkanes of at least 4 members (excludes halogenated alkanes) is 2. The molecule has 0 saturated carbocycles. The molecule has 0 aromatic heterocycles. The zero-order valence-corrected chi connectivity index (χ0v) is 13.9. The summed E-state index contributed by atoms with van der Waals surface area (Å²) in [5.41, 5.74) is 7.02. The maximum absolute atomic E-state index is 6.11. The van der Waals surface area contributed by atoms with Gasteiger partial charge in [-0.25, -0.2) is 0 Å². The molecular weight excluding hydrogens is 274 g/mol. The van der Waals surface area contributed by atoms with Gasteiger partial charge in [0.2, 0.25) is 0 Å². The third-order valence-corrected chi connectivity index (χ3v) is 4.63. The van der Waals surface area contributed by atoms with Crippen molar-refractivity contribution < 1.29 is 9.47 Å². The van der Waals surface area contributed by atoms with Crippen LogP contribution in [0.5, 0.6) is 0 Å². The molecule has 0 bridgehead atoms. The first kappa shape index (κ1) is 17.5. The van der Waals surface area contributed by atoms with E-state index in [9.17, 15) is 0 Å². The van der Waals surface area contributed by atoms with E-state index in [1.807, 2.05) is 0 Å². The van der Waals surface area contributed by atoms with Crippen molar-refractivity contribution in [3.63, 3.8) is 0 Å². The lowest BCUT2D eigenvalue weighted by Crippen LogP contribution is -2.33. The zero-order chi connectivity index (χ0) is 15.7. The van der Waals surface area contributed by atoms with E-state index >= 15 is 0 Å². The monoisotopic (exact) mass is 305 g/mol. The lowest BCUT2D eigenvalue weighted by Gasteiger charge is -2.33. The number of hydrogen-bond donors (Lipinski definition) is 1. The van der Waals surface area contributed by atoms with Crippen molar-refractivity contribution in [1.82, 2.24) is 0 Å². The van der Waals surface area contributed by atoms with E-state index in [-0.39, 0.29) is 11.7 Å². The van der Waals surface area contributed by atoms with Crippen molar-refractivity contribution >= 4 is 0 Å². The van der Waals surface area contributed by atoms with Crippen LogP contribution in [0.4, 0.5) is 0 Å². The summed E-state index contributed by atoms with van der Waals surface area (Å²) in [4.78, 5) is 0. The lowest BCUT2D eigenvalue weighted by atomic mass is 9.78. The quantitative estimate of drug-likeness (QED) is 0.701. The minimum Gasteiger partial charge on any atom is -0.353 e. The second kappa shape index (κ2) is 9.29. The Morgan fingerprint density at radius 1 is 1.18 bits per heavy atom. The summed E-state index contributed by atoms with van der Waals surface area (Å²) in [7, 11) is 0. The molecular formula is C19H31NO2. The van der Waals surface area contributed by atoms with Crippen LogP contribution in [-0.4, -0.2) is 26.0 Å². The van der Waals surface area contributed by atoms with Gasteiger partial charge >= 0.3 is 0 Å². The summed E-state index contributed by atoms with van der Waals surface area (Å²) < 4.78 is 11.8. The standard InChI is InChI=1S/C19H31NO2/c1-19(13-7-3-8-14-20,17-10-4-2-5-11-17)16-22-18-12-6-9-15-21-18/h2,4-5,10-11,18H,3,6-9,12-16,20H2,1H3. The van der Waals surface area contributed by atoms with Crippen molar-refractivity contribution in [2.24, 2.45) is 5.73 Å². The van der Waals surface area contributed by atoms with E-state index in [1.165, 1.54) is 24.8 Å². The topological polar surface area (TPSA) is 44.5 Å². The number of hydrogen-bond acceptors (Lipinski definition) is 3. The molecule has 3 nitrogen and oxygen atoms in total. The molecule has 0 spiro atoms. The molecule has 1 aromatic rings. The summed E-state index contributed by atoms with van der Waals surface area (Å²) in [6.45, 7) is 4.66. The first-order valence-corrected chi connectivity index (χ1v) is 8.73. The Balaban J connectivity index is 1.94. The second-order valence-electron chi connectivity index (χ2n) is 6.63. The summed E-state index contributed by atoms with van der Waals surface area (Å²) in [6.07, 6.45) is 8.01. The average Bonchev–Trinajstić information content (AvgIpc) is 2.59. The molecule has 2 N–H and O–H groups in total. The van der Waals surface area contributed by atoms with Crippen LogP contribution in [0, 0.1) is 0 Å². The average molecular weight is 305 g/mol. The van der Waals surface area contributed by atoms with Crippen LogP contribution in [-0.2, 0) is 14.9 Å². The van der Waals surface area contributed by atoms with Crippen LogP contribution in [0.1, 0.15) is 57.4 Å². The molecule has 0 aliphatic carbocycles. The van der Waals surface area contributed by atoms with Gasteiger partial charge in [0.05, 0.1) is 6.61 Å². The molecule has 1 aromatic carbocycles. The Morgan fingerprint density at radius 3 is 2.68 bits per heavy atom. The van der Waals surface area contributed by atoms with Crippen LogP contribution in [0.3, 0.4) is 0 Å². The van der Waals surface area contributed by atoms with Gasteiger partial charge in [0.15, 0.2) is 6.29 Å². The molecule has 1 saturated heterocycles. The predicted molar refractivity (Wildman–Crippen MR) is 90.9 cm³/mol. The summed E-state index contributed by atoms with van der Waals surface area (Å²) in [6, 6.07) is 10.7. The smallest absolute Gasteiger partial charge is 0.157 e. The van der Waals surface area contributed by atoms with Crippen molar-refractivity contribution in [2.45, 2.75) is 63.6 Å². The zero-order valence-electron chi connectivity index (χ0n) is 13.9. The van der Waals surface area contributed by atoms with Gasteiger partial charge in [-0.05, 0) is 44.2 Å². The number of ether oxygens (including phenoxy) is 2. The third kappa shape index (κ3) is 5.38. The Bertz CT molecular complexity index is 403. The molecule has 0 radical (unpaired) electrons. The van der Waals surface area contributed by atoms with Crippen molar-refractivity contribution in [2.75, 3.05) is 19.8 Å². The fourth-order valence-electron chi connectivity index (χ4n) is 3.10. The van der Waals surface area contributed by atoms with Gasteiger partial charge in [0.25, 0.3) is 0 Å². The van der Waals surface area contributed by atoms with E-state index in [1.54, 1.807) is 0 Å². The van der Waals surface area contributed by atoms with Crippen LogP contribution >= 0.6 is 0 Å². The fourth-order valence-corrected chi connectivity index (χ4v) is 3.10. The summed E-state index contributed by atoms with van der Waals surface area (Å²) in [5, 5.41) is 0. The first-order chi connectivity index (χ1) is 10.7. The van der Waals surface area contributed by atoms with E-state index < -0.39 is 0 Å². The maximum Gasteiger partial charge on any atom is 0.157 e. The maximum atomic E-state index is 6.11. The van der Waals surface area contributed by atoms with Crippen molar-refractivity contribution in [3.8, 4) is 0 Å². The van der Waals surface area contributed by atoms with Gasteiger partial charge in [-0.3, -0.25) is 0 Å². The molecule has 1 fully saturated rings. The van der Waals surface area contributed by atoms with Gasteiger partial charge < -0.3 is 15.2 Å². The summed E-state index contributed by atoms with van der Waals surface area (Å²) >= 11 is 0. The number of rotatable bonds is 9. The van der Waals surface area contributed by atoms with Gasteiger partial charge in [0, 0.05) is 12.0 Å². The lowest BCUT2D eigenvalue weighted by molar-refractivity contribution is -0.171. The first-order valence-electron chi connectivity index (χ1n) is 8.73. The van der Waals surface area contributed by atoms with Gasteiger partial charge in [-0.15, -0.1) is 0 Å². The third-order valence-electron chi connectivity index (χ3n) is 4.63. The molecule has 3 heteroatoms. The molecule has 2 rings (SSSR count). The van der Waals surface area contributed by atoms with Gasteiger partial charge in [-0.2, -0.15) is 0 Å². The predicted octanol–water partition coefficient (Wildman–Crippen LogP) is 4.01. The van der Waals surface area contributed by atoms with Crippen molar-refractivity contribution in [3.05, 3.63) is 35.9 Å². The molecule has 22 heavy (non-hydrogen) atoms. The molecule has 0 amide bonds. The minimum absolute atomic E-state index is 0.0131. The Morgan fingerprint density at radius 2 is 2.00 bits per heavy atom. The molecule has 2 unspecified atom stereocenters. The van der Waals surface area contributed by atoms with Gasteiger partial charge in [0.1, 0.15) is 0 Å². The molecule has 1 heterocycles. The summed E-state index contributed by atoms with van der Waals surface area (Å²) in [5.74, 6) is 0. The highest BCUT2D eigenvalue weighted by Gasteiger charge is 2.28. The largest absolute Gasteiger partial charge is 0.353 e. The normalized spacial score (nSPS) is 21.5. The molecule has 1 aliphatic rings. The molecule has 124 valence electrons. The van der Waals surface area contributed by atoms with E-state index in [2.05, 4.69) is 37.3 Å². The van der Waals surface area contributed by atoms with E-state index in [0.29, 0.717) is 0 Å². The Hall–Kier alpha value is -0.900. The Kier molecular flexibility index (Phi) is 7.37. The van der Waals surface area contributed by atoms with E-state index in [4.69, 9.17) is 15.2 Å². The second-order valence-corrected chi connectivity index (χ2v) is 6.63. The van der Waals surface area contributed by atoms with Crippen LogP contribution in [0.15, 0.2) is 30.3 Å². The van der Waals surface area contributed by atoms with E-state index in [0.717, 1.165) is 45.4 Å². The highest BCUT2D eigenvalue weighted by molar-refractivity contribution is 5.24. The number of nitrogens with two attached hydrogens (primary N) is 1. The minimum atomic E-state index is -0.0131.